The first-order valence-electron chi connectivity index (χ1n) is 5.78. The Kier molecular flexibility index (Phi) is 4.71. The summed E-state index contributed by atoms with van der Waals surface area (Å²) in [6.45, 7) is -0.170. The number of para-hydroxylation sites is 1. The molecule has 0 aliphatic carbocycles. The molecular weight excluding hydrogens is 299 g/mol. The number of carbonyl (C=O) groups is 1. The summed E-state index contributed by atoms with van der Waals surface area (Å²) in [5.41, 5.74) is 6.75. The average Bonchev–Trinajstić information content (AvgIpc) is 2.42. The number of amides is 1. The van der Waals surface area contributed by atoms with Crippen molar-refractivity contribution in [2.24, 2.45) is 0 Å². The van der Waals surface area contributed by atoms with Gasteiger partial charge in [-0.2, -0.15) is 0 Å². The molecule has 6 heteroatoms. The summed E-state index contributed by atoms with van der Waals surface area (Å²) in [6, 6.07) is 12.0. The summed E-state index contributed by atoms with van der Waals surface area (Å²) >= 11 is 11.7. The van der Waals surface area contributed by atoms with Gasteiger partial charge in [-0.25, -0.2) is 0 Å². The van der Waals surface area contributed by atoms with E-state index in [1.807, 2.05) is 18.2 Å². The Morgan fingerprint density at radius 3 is 2.50 bits per heavy atom. The number of hydrogen-bond donors (Lipinski definition) is 2. The molecule has 104 valence electrons. The first kappa shape index (κ1) is 14.5. The van der Waals surface area contributed by atoms with Gasteiger partial charge in [-0.05, 0) is 18.2 Å². The molecule has 0 bridgehead atoms. The van der Waals surface area contributed by atoms with Gasteiger partial charge in [0.15, 0.2) is 6.61 Å². The highest BCUT2D eigenvalue weighted by atomic mass is 35.5. The molecule has 3 N–H and O–H groups in total. The van der Waals surface area contributed by atoms with Gasteiger partial charge in [0.05, 0.1) is 15.7 Å². The lowest BCUT2D eigenvalue weighted by Gasteiger charge is -2.10. The van der Waals surface area contributed by atoms with E-state index in [4.69, 9.17) is 33.7 Å². The van der Waals surface area contributed by atoms with Crippen LogP contribution in [0, 0.1) is 0 Å². The molecule has 0 radical (unpaired) electrons. The normalized spacial score (nSPS) is 10.1. The van der Waals surface area contributed by atoms with Crippen LogP contribution in [0.25, 0.3) is 0 Å². The second kappa shape index (κ2) is 6.50. The van der Waals surface area contributed by atoms with E-state index in [1.165, 1.54) is 12.1 Å². The van der Waals surface area contributed by atoms with Crippen molar-refractivity contribution < 1.29 is 9.53 Å². The largest absolute Gasteiger partial charge is 0.482 e. The van der Waals surface area contributed by atoms with Crippen LogP contribution >= 0.6 is 23.2 Å². The molecule has 0 heterocycles. The first-order chi connectivity index (χ1) is 9.56. The van der Waals surface area contributed by atoms with Gasteiger partial charge < -0.3 is 15.8 Å². The van der Waals surface area contributed by atoms with E-state index in [1.54, 1.807) is 12.1 Å². The number of nitrogens with two attached hydrogens (primary N) is 1. The van der Waals surface area contributed by atoms with Crippen LogP contribution in [0.3, 0.4) is 0 Å². The van der Waals surface area contributed by atoms with Gasteiger partial charge in [0, 0.05) is 11.8 Å². The molecule has 1 amide bonds. The summed E-state index contributed by atoms with van der Waals surface area (Å²) in [6.07, 6.45) is 0. The van der Waals surface area contributed by atoms with E-state index in [2.05, 4.69) is 5.32 Å². The summed E-state index contributed by atoms with van der Waals surface area (Å²) in [5.74, 6) is 0.0317. The van der Waals surface area contributed by atoms with Gasteiger partial charge >= 0.3 is 0 Å². The minimum absolute atomic E-state index is 0.170. The van der Waals surface area contributed by atoms with Crippen LogP contribution in [0.2, 0.25) is 10.0 Å². The van der Waals surface area contributed by atoms with Gasteiger partial charge in [-0.3, -0.25) is 4.79 Å². The predicted octanol–water partition coefficient (Wildman–Crippen LogP) is 3.59. The average molecular weight is 311 g/mol. The summed E-state index contributed by atoms with van der Waals surface area (Å²) in [5, 5.41) is 3.35. The van der Waals surface area contributed by atoms with Crippen LogP contribution in [-0.2, 0) is 4.79 Å². The Morgan fingerprint density at radius 2 is 1.80 bits per heavy atom. The number of anilines is 2. The molecular formula is C14H12Cl2N2O2. The van der Waals surface area contributed by atoms with Crippen LogP contribution in [0.4, 0.5) is 11.4 Å². The third-order valence-corrected chi connectivity index (χ3v) is 3.19. The lowest BCUT2D eigenvalue weighted by Crippen LogP contribution is -2.20. The number of hydrogen-bond acceptors (Lipinski definition) is 3. The van der Waals surface area contributed by atoms with E-state index >= 15 is 0 Å². The Balaban J connectivity index is 1.95. The molecule has 0 saturated carbocycles. The predicted molar refractivity (Wildman–Crippen MR) is 81.4 cm³/mol. The van der Waals surface area contributed by atoms with Crippen molar-refractivity contribution in [2.75, 3.05) is 17.7 Å². The Bertz CT molecular complexity index is 618. The molecule has 0 aromatic heterocycles. The molecule has 0 aliphatic heterocycles. The fourth-order valence-electron chi connectivity index (χ4n) is 1.53. The van der Waals surface area contributed by atoms with E-state index in [-0.39, 0.29) is 12.5 Å². The lowest BCUT2D eigenvalue weighted by molar-refractivity contribution is -0.118. The molecule has 2 aromatic carbocycles. The highest BCUT2D eigenvalue weighted by Gasteiger charge is 2.09. The second-order valence-corrected chi connectivity index (χ2v) is 4.82. The van der Waals surface area contributed by atoms with Crippen molar-refractivity contribution in [3.8, 4) is 5.75 Å². The summed E-state index contributed by atoms with van der Waals surface area (Å²) < 4.78 is 5.33. The summed E-state index contributed by atoms with van der Waals surface area (Å²) in [7, 11) is 0. The molecule has 0 fully saturated rings. The van der Waals surface area contributed by atoms with Gasteiger partial charge in [-0.1, -0.05) is 41.4 Å². The molecule has 2 aromatic rings. The van der Waals surface area contributed by atoms with E-state index in [9.17, 15) is 4.79 Å². The van der Waals surface area contributed by atoms with Crippen LogP contribution in [0.1, 0.15) is 0 Å². The summed E-state index contributed by atoms with van der Waals surface area (Å²) in [4.78, 5) is 11.7. The van der Waals surface area contributed by atoms with Gasteiger partial charge in [-0.15, -0.1) is 0 Å². The number of halogens is 2. The maximum atomic E-state index is 11.7. The molecule has 0 unspecified atom stereocenters. The van der Waals surface area contributed by atoms with Gasteiger partial charge in [0.25, 0.3) is 5.91 Å². The second-order valence-electron chi connectivity index (χ2n) is 4.01. The zero-order valence-corrected chi connectivity index (χ0v) is 11.9. The van der Waals surface area contributed by atoms with Crippen LogP contribution < -0.4 is 15.8 Å². The fourth-order valence-corrected chi connectivity index (χ4v) is 1.86. The number of carbonyl (C=O) groups excluding carboxylic acids is 1. The van der Waals surface area contributed by atoms with E-state index in [0.29, 0.717) is 27.2 Å². The monoisotopic (exact) mass is 310 g/mol. The highest BCUT2D eigenvalue weighted by Crippen LogP contribution is 2.32. The van der Waals surface area contributed by atoms with Crippen molar-refractivity contribution >= 4 is 40.5 Å². The zero-order chi connectivity index (χ0) is 14.5. The molecule has 4 nitrogen and oxygen atoms in total. The van der Waals surface area contributed by atoms with Crippen molar-refractivity contribution in [2.45, 2.75) is 0 Å². The first-order valence-corrected chi connectivity index (χ1v) is 6.54. The molecule has 0 atom stereocenters. The highest BCUT2D eigenvalue weighted by molar-refractivity contribution is 6.42. The Hall–Kier alpha value is -1.91. The van der Waals surface area contributed by atoms with Crippen molar-refractivity contribution in [1.82, 2.24) is 0 Å². The zero-order valence-electron chi connectivity index (χ0n) is 10.4. The van der Waals surface area contributed by atoms with E-state index < -0.39 is 0 Å². The lowest BCUT2D eigenvalue weighted by atomic mass is 10.3. The third kappa shape index (κ3) is 3.79. The molecule has 0 aliphatic rings. The minimum Gasteiger partial charge on any atom is -0.482 e. The van der Waals surface area contributed by atoms with Crippen molar-refractivity contribution in [1.29, 1.82) is 0 Å². The minimum atomic E-state index is -0.290. The van der Waals surface area contributed by atoms with Crippen molar-refractivity contribution in [3.05, 3.63) is 52.5 Å². The SMILES string of the molecule is Nc1cc(Cl)c(Cl)cc1OCC(=O)Nc1ccccc1. The maximum absolute atomic E-state index is 11.7. The molecule has 20 heavy (non-hydrogen) atoms. The number of benzene rings is 2. The fraction of sp³-hybridized carbons (Fsp3) is 0.0714. The van der Waals surface area contributed by atoms with Gasteiger partial charge in [0.1, 0.15) is 5.75 Å². The van der Waals surface area contributed by atoms with Crippen LogP contribution in [0.15, 0.2) is 42.5 Å². The topological polar surface area (TPSA) is 64.3 Å². The Labute approximate surface area is 126 Å². The standard InChI is InChI=1S/C14H12Cl2N2O2/c15-10-6-12(17)13(7-11(10)16)20-8-14(19)18-9-4-2-1-3-5-9/h1-7H,8,17H2,(H,18,19). The third-order valence-electron chi connectivity index (χ3n) is 2.47. The smallest absolute Gasteiger partial charge is 0.262 e. The maximum Gasteiger partial charge on any atom is 0.262 e. The number of ether oxygens (including phenoxy) is 1. The Morgan fingerprint density at radius 1 is 1.15 bits per heavy atom. The number of rotatable bonds is 4. The van der Waals surface area contributed by atoms with Crippen LogP contribution in [-0.4, -0.2) is 12.5 Å². The molecule has 0 saturated heterocycles. The van der Waals surface area contributed by atoms with Crippen molar-refractivity contribution in [3.63, 3.8) is 0 Å². The van der Waals surface area contributed by atoms with Gasteiger partial charge in [0.2, 0.25) is 0 Å². The number of nitrogen functional groups attached to an aromatic ring is 1. The quantitative estimate of drug-likeness (QED) is 0.848. The molecule has 0 spiro atoms. The van der Waals surface area contributed by atoms with E-state index in [0.717, 1.165) is 0 Å². The number of nitrogens with one attached hydrogen (secondary N) is 1. The van der Waals surface area contributed by atoms with Crippen LogP contribution in [0.5, 0.6) is 5.75 Å². The molecule has 2 rings (SSSR count).